The van der Waals surface area contributed by atoms with Gasteiger partial charge in [0.25, 0.3) is 0 Å². The highest BCUT2D eigenvalue weighted by molar-refractivity contribution is 6.29. The van der Waals surface area contributed by atoms with E-state index in [0.29, 0.717) is 24.6 Å². The van der Waals surface area contributed by atoms with Crippen LogP contribution in [0.1, 0.15) is 12.0 Å². The average Bonchev–Trinajstić information content (AvgIpc) is 2.71. The summed E-state index contributed by atoms with van der Waals surface area (Å²) in [7, 11) is 0. The number of aliphatic carboxylic acids is 1. The molecule has 1 N–H and O–H groups in total. The standard InChI is InChI=1S/C11H12ClNO3/c12-9-2-1-8(6-13-9)5-11(10(14)15)3-4-16-7-11/h1-2,6H,3-5,7H2,(H,14,15). The van der Waals surface area contributed by atoms with E-state index >= 15 is 0 Å². The van der Waals surface area contributed by atoms with Crippen molar-refractivity contribution >= 4 is 17.6 Å². The van der Waals surface area contributed by atoms with E-state index in [9.17, 15) is 9.90 Å². The SMILES string of the molecule is O=C(O)C1(Cc2ccc(Cl)nc2)CCOC1. The van der Waals surface area contributed by atoms with Gasteiger partial charge in [-0.1, -0.05) is 17.7 Å². The number of nitrogens with zero attached hydrogens (tertiary/aromatic N) is 1. The molecule has 0 radical (unpaired) electrons. The van der Waals surface area contributed by atoms with Gasteiger partial charge in [-0.15, -0.1) is 0 Å². The van der Waals surface area contributed by atoms with Gasteiger partial charge in [0, 0.05) is 12.8 Å². The molecule has 4 nitrogen and oxygen atoms in total. The summed E-state index contributed by atoms with van der Waals surface area (Å²) in [5.74, 6) is -0.806. The Kier molecular flexibility index (Phi) is 3.12. The van der Waals surface area contributed by atoms with E-state index < -0.39 is 11.4 Å². The van der Waals surface area contributed by atoms with Crippen LogP contribution in [0.2, 0.25) is 5.15 Å². The topological polar surface area (TPSA) is 59.4 Å². The van der Waals surface area contributed by atoms with Crippen molar-refractivity contribution in [2.75, 3.05) is 13.2 Å². The second-order valence-electron chi connectivity index (χ2n) is 4.05. The van der Waals surface area contributed by atoms with Crippen LogP contribution in [0.5, 0.6) is 0 Å². The first-order valence-electron chi connectivity index (χ1n) is 5.04. The van der Waals surface area contributed by atoms with Crippen molar-refractivity contribution in [2.45, 2.75) is 12.8 Å². The number of aromatic nitrogens is 1. The molecule has 1 aromatic rings. The lowest BCUT2D eigenvalue weighted by molar-refractivity contribution is -0.148. The van der Waals surface area contributed by atoms with Gasteiger partial charge in [0.05, 0.1) is 12.0 Å². The van der Waals surface area contributed by atoms with Crippen molar-refractivity contribution < 1.29 is 14.6 Å². The van der Waals surface area contributed by atoms with Crippen LogP contribution in [0.25, 0.3) is 0 Å². The monoisotopic (exact) mass is 241 g/mol. The van der Waals surface area contributed by atoms with Crippen molar-refractivity contribution in [3.05, 3.63) is 29.0 Å². The average molecular weight is 242 g/mol. The van der Waals surface area contributed by atoms with Gasteiger partial charge in [0.15, 0.2) is 0 Å². The highest BCUT2D eigenvalue weighted by Gasteiger charge is 2.42. The molecule has 0 aromatic carbocycles. The molecule has 2 rings (SSSR count). The molecule has 1 atom stereocenters. The van der Waals surface area contributed by atoms with Crippen LogP contribution in [0.3, 0.4) is 0 Å². The van der Waals surface area contributed by atoms with Crippen LogP contribution in [-0.2, 0) is 16.0 Å². The molecule has 0 amide bonds. The molecule has 0 saturated carbocycles. The molecule has 16 heavy (non-hydrogen) atoms. The van der Waals surface area contributed by atoms with Crippen molar-refractivity contribution in [1.82, 2.24) is 4.98 Å². The van der Waals surface area contributed by atoms with Gasteiger partial charge in [-0.3, -0.25) is 4.79 Å². The molecule has 1 aliphatic heterocycles. The second-order valence-corrected chi connectivity index (χ2v) is 4.44. The van der Waals surface area contributed by atoms with E-state index in [-0.39, 0.29) is 6.61 Å². The number of carbonyl (C=O) groups is 1. The number of pyridine rings is 1. The maximum atomic E-state index is 11.3. The first-order chi connectivity index (χ1) is 7.62. The fraction of sp³-hybridized carbons (Fsp3) is 0.455. The Morgan fingerprint density at radius 2 is 2.44 bits per heavy atom. The quantitative estimate of drug-likeness (QED) is 0.820. The summed E-state index contributed by atoms with van der Waals surface area (Å²) in [4.78, 5) is 15.2. The van der Waals surface area contributed by atoms with Crippen LogP contribution in [0.4, 0.5) is 0 Å². The maximum Gasteiger partial charge on any atom is 0.312 e. The van der Waals surface area contributed by atoms with Gasteiger partial charge in [-0.05, 0) is 24.5 Å². The number of ether oxygens (including phenoxy) is 1. The minimum Gasteiger partial charge on any atom is -0.481 e. The number of hydrogen-bond acceptors (Lipinski definition) is 3. The third kappa shape index (κ3) is 2.18. The predicted molar refractivity (Wildman–Crippen MR) is 58.5 cm³/mol. The van der Waals surface area contributed by atoms with Crippen molar-refractivity contribution in [3.8, 4) is 0 Å². The van der Waals surface area contributed by atoms with Crippen molar-refractivity contribution in [2.24, 2.45) is 5.41 Å². The van der Waals surface area contributed by atoms with Gasteiger partial charge in [0.1, 0.15) is 5.15 Å². The molecule has 1 aliphatic rings. The second kappa shape index (κ2) is 4.39. The summed E-state index contributed by atoms with van der Waals surface area (Å²) in [6, 6.07) is 3.47. The minimum absolute atomic E-state index is 0.269. The number of halogens is 1. The molecule has 5 heteroatoms. The third-order valence-corrected chi connectivity index (χ3v) is 3.11. The Balaban J connectivity index is 2.18. The van der Waals surface area contributed by atoms with Gasteiger partial charge < -0.3 is 9.84 Å². The van der Waals surface area contributed by atoms with Gasteiger partial charge >= 0.3 is 5.97 Å². The molecule has 1 aromatic heterocycles. The van der Waals surface area contributed by atoms with E-state index in [1.165, 1.54) is 0 Å². The van der Waals surface area contributed by atoms with E-state index in [1.807, 2.05) is 0 Å². The summed E-state index contributed by atoms with van der Waals surface area (Å²) in [5.41, 5.74) is 0.0764. The summed E-state index contributed by atoms with van der Waals surface area (Å²) in [6.45, 7) is 0.776. The lowest BCUT2D eigenvalue weighted by atomic mass is 9.81. The molecule has 0 aliphatic carbocycles. The summed E-state index contributed by atoms with van der Waals surface area (Å²) >= 11 is 5.67. The Morgan fingerprint density at radius 1 is 1.62 bits per heavy atom. The Labute approximate surface area is 98.2 Å². The lowest BCUT2D eigenvalue weighted by Gasteiger charge is -2.21. The number of carboxylic acids is 1. The first-order valence-corrected chi connectivity index (χ1v) is 5.42. The van der Waals surface area contributed by atoms with Crippen LogP contribution < -0.4 is 0 Å². The number of carboxylic acid groups (broad SMARTS) is 1. The highest BCUT2D eigenvalue weighted by Crippen LogP contribution is 2.32. The van der Waals surface area contributed by atoms with Crippen molar-refractivity contribution in [1.29, 1.82) is 0 Å². The zero-order valence-electron chi connectivity index (χ0n) is 8.65. The molecule has 1 saturated heterocycles. The third-order valence-electron chi connectivity index (χ3n) is 2.89. The maximum absolute atomic E-state index is 11.3. The summed E-state index contributed by atoms with van der Waals surface area (Å²) in [6.07, 6.45) is 2.60. The fourth-order valence-corrected chi connectivity index (χ4v) is 2.00. The van der Waals surface area contributed by atoms with E-state index in [2.05, 4.69) is 4.98 Å². The van der Waals surface area contributed by atoms with Crippen LogP contribution in [-0.4, -0.2) is 29.3 Å². The van der Waals surface area contributed by atoms with Gasteiger partial charge in [-0.25, -0.2) is 4.98 Å². The number of rotatable bonds is 3. The molecular weight excluding hydrogens is 230 g/mol. The molecular formula is C11H12ClNO3. The van der Waals surface area contributed by atoms with Crippen LogP contribution >= 0.6 is 11.6 Å². The Bertz CT molecular complexity index is 385. The van der Waals surface area contributed by atoms with E-state index in [0.717, 1.165) is 5.56 Å². The lowest BCUT2D eigenvalue weighted by Crippen LogP contribution is -2.33. The Hall–Kier alpha value is -1.13. The molecule has 2 heterocycles. The summed E-state index contributed by atoms with van der Waals surface area (Å²) in [5, 5.41) is 9.67. The van der Waals surface area contributed by atoms with E-state index in [1.54, 1.807) is 18.3 Å². The Morgan fingerprint density at radius 3 is 2.94 bits per heavy atom. The van der Waals surface area contributed by atoms with Crippen molar-refractivity contribution in [3.63, 3.8) is 0 Å². The normalized spacial score (nSPS) is 24.6. The molecule has 1 unspecified atom stereocenters. The van der Waals surface area contributed by atoms with Crippen LogP contribution in [0.15, 0.2) is 18.3 Å². The minimum atomic E-state index is -0.806. The predicted octanol–water partition coefficient (Wildman–Crippen LogP) is 1.77. The fourth-order valence-electron chi connectivity index (χ4n) is 1.89. The largest absolute Gasteiger partial charge is 0.481 e. The summed E-state index contributed by atoms with van der Waals surface area (Å²) < 4.78 is 5.19. The molecule has 1 fully saturated rings. The number of hydrogen-bond donors (Lipinski definition) is 1. The van der Waals surface area contributed by atoms with Gasteiger partial charge in [0.2, 0.25) is 0 Å². The zero-order valence-corrected chi connectivity index (χ0v) is 9.41. The first kappa shape index (κ1) is 11.4. The van der Waals surface area contributed by atoms with E-state index in [4.69, 9.17) is 16.3 Å². The van der Waals surface area contributed by atoms with Crippen LogP contribution in [0, 0.1) is 5.41 Å². The molecule has 86 valence electrons. The van der Waals surface area contributed by atoms with Gasteiger partial charge in [-0.2, -0.15) is 0 Å². The molecule has 0 spiro atoms. The highest BCUT2D eigenvalue weighted by atomic mass is 35.5. The zero-order chi connectivity index (χ0) is 11.6. The smallest absolute Gasteiger partial charge is 0.312 e. The molecule has 0 bridgehead atoms.